The van der Waals surface area contributed by atoms with Crippen LogP contribution in [0.1, 0.15) is 11.4 Å². The molecule has 3 aromatic rings. The average Bonchev–Trinajstić information content (AvgIpc) is 2.70. The summed E-state index contributed by atoms with van der Waals surface area (Å²) < 4.78 is 15.5. The van der Waals surface area contributed by atoms with Crippen LogP contribution in [0.4, 0.5) is 0 Å². The van der Waals surface area contributed by atoms with Gasteiger partial charge in [-0.05, 0) is 35.9 Å². The summed E-state index contributed by atoms with van der Waals surface area (Å²) in [4.78, 5) is 30.8. The van der Waals surface area contributed by atoms with Crippen LogP contribution < -0.4 is 15.0 Å². The molecule has 138 valence electrons. The van der Waals surface area contributed by atoms with Gasteiger partial charge in [0.15, 0.2) is 11.5 Å². The Morgan fingerprint density at radius 3 is 2.67 bits per heavy atom. The molecular formula is C20H18N2O5. The number of nitrogens with zero attached hydrogens (tertiary/aromatic N) is 1. The molecule has 0 saturated heterocycles. The van der Waals surface area contributed by atoms with Crippen molar-refractivity contribution in [2.45, 2.75) is 6.61 Å². The van der Waals surface area contributed by atoms with Gasteiger partial charge < -0.3 is 19.2 Å². The molecule has 0 radical (unpaired) electrons. The maximum Gasteiger partial charge on any atom is 0.331 e. The summed E-state index contributed by atoms with van der Waals surface area (Å²) >= 11 is 0. The molecule has 0 spiro atoms. The minimum absolute atomic E-state index is 0.130. The zero-order valence-electron chi connectivity index (χ0n) is 14.9. The topological polar surface area (TPSA) is 90.5 Å². The van der Waals surface area contributed by atoms with E-state index in [0.717, 1.165) is 5.56 Å². The number of benzene rings is 2. The third-order valence-corrected chi connectivity index (χ3v) is 3.83. The van der Waals surface area contributed by atoms with Crippen LogP contribution >= 0.6 is 0 Å². The molecular weight excluding hydrogens is 348 g/mol. The zero-order valence-corrected chi connectivity index (χ0v) is 14.9. The number of aromatic amines is 1. The van der Waals surface area contributed by atoms with E-state index < -0.39 is 5.97 Å². The van der Waals surface area contributed by atoms with Crippen molar-refractivity contribution in [1.82, 2.24) is 9.97 Å². The van der Waals surface area contributed by atoms with Gasteiger partial charge in [-0.2, -0.15) is 0 Å². The lowest BCUT2D eigenvalue weighted by Gasteiger charge is -2.07. The first kappa shape index (κ1) is 18.2. The van der Waals surface area contributed by atoms with E-state index in [4.69, 9.17) is 14.2 Å². The van der Waals surface area contributed by atoms with Crippen LogP contribution in [0.25, 0.3) is 17.0 Å². The van der Waals surface area contributed by atoms with Gasteiger partial charge in [0.2, 0.25) is 0 Å². The largest absolute Gasteiger partial charge is 0.493 e. The van der Waals surface area contributed by atoms with E-state index in [0.29, 0.717) is 22.4 Å². The zero-order chi connectivity index (χ0) is 19.2. The minimum Gasteiger partial charge on any atom is -0.493 e. The maximum absolute atomic E-state index is 12.0. The number of methoxy groups -OCH3 is 2. The van der Waals surface area contributed by atoms with Gasteiger partial charge in [-0.15, -0.1) is 0 Å². The Bertz CT molecular complexity index is 1060. The van der Waals surface area contributed by atoms with E-state index in [1.54, 1.807) is 55.7 Å². The highest BCUT2D eigenvalue weighted by Crippen LogP contribution is 2.27. The second kappa shape index (κ2) is 8.18. The summed E-state index contributed by atoms with van der Waals surface area (Å²) in [6.07, 6.45) is 2.89. The summed E-state index contributed by atoms with van der Waals surface area (Å²) in [7, 11) is 3.09. The highest BCUT2D eigenvalue weighted by molar-refractivity contribution is 5.87. The Labute approximate surface area is 155 Å². The molecule has 0 saturated carbocycles. The second-order valence-corrected chi connectivity index (χ2v) is 5.59. The lowest BCUT2D eigenvalue weighted by Crippen LogP contribution is -2.13. The quantitative estimate of drug-likeness (QED) is 0.533. The molecule has 1 heterocycles. The van der Waals surface area contributed by atoms with Crippen molar-refractivity contribution >= 4 is 22.9 Å². The number of para-hydroxylation sites is 1. The molecule has 0 bridgehead atoms. The summed E-state index contributed by atoms with van der Waals surface area (Å²) in [5.74, 6) is 0.890. The Balaban J connectivity index is 1.66. The van der Waals surface area contributed by atoms with E-state index >= 15 is 0 Å². The number of esters is 1. The van der Waals surface area contributed by atoms with Crippen LogP contribution in [0.15, 0.2) is 53.3 Å². The molecule has 1 N–H and O–H groups in total. The van der Waals surface area contributed by atoms with Crippen LogP contribution in [0, 0.1) is 0 Å². The molecule has 0 aliphatic rings. The van der Waals surface area contributed by atoms with Gasteiger partial charge in [0, 0.05) is 6.08 Å². The van der Waals surface area contributed by atoms with Crippen molar-refractivity contribution in [3.63, 3.8) is 0 Å². The number of aromatic nitrogens is 2. The monoisotopic (exact) mass is 366 g/mol. The fourth-order valence-corrected chi connectivity index (χ4v) is 2.51. The van der Waals surface area contributed by atoms with Crippen LogP contribution in [0.3, 0.4) is 0 Å². The molecule has 0 aliphatic carbocycles. The Hall–Kier alpha value is -3.61. The van der Waals surface area contributed by atoms with Crippen molar-refractivity contribution in [2.24, 2.45) is 0 Å². The molecule has 0 atom stereocenters. The normalized spacial score (nSPS) is 10.9. The number of H-pyrrole nitrogens is 1. The van der Waals surface area contributed by atoms with Crippen molar-refractivity contribution in [2.75, 3.05) is 14.2 Å². The van der Waals surface area contributed by atoms with Gasteiger partial charge in [0.05, 0.1) is 25.1 Å². The molecule has 7 heteroatoms. The van der Waals surface area contributed by atoms with Gasteiger partial charge in [-0.1, -0.05) is 18.2 Å². The molecule has 0 aliphatic heterocycles. The highest BCUT2D eigenvalue weighted by atomic mass is 16.5. The van der Waals surface area contributed by atoms with Crippen molar-refractivity contribution in [3.05, 3.63) is 70.3 Å². The predicted octanol–water partition coefficient (Wildman–Crippen LogP) is 2.70. The summed E-state index contributed by atoms with van der Waals surface area (Å²) in [5, 5.41) is 0.487. The van der Waals surface area contributed by atoms with Crippen LogP contribution in [-0.2, 0) is 16.1 Å². The Kier molecular flexibility index (Phi) is 5.51. The number of hydrogen-bond acceptors (Lipinski definition) is 6. The van der Waals surface area contributed by atoms with Crippen molar-refractivity contribution < 1.29 is 19.0 Å². The van der Waals surface area contributed by atoms with Crippen molar-refractivity contribution in [3.8, 4) is 11.5 Å². The van der Waals surface area contributed by atoms with E-state index in [2.05, 4.69) is 9.97 Å². The lowest BCUT2D eigenvalue weighted by atomic mass is 10.2. The number of nitrogens with one attached hydrogen (secondary N) is 1. The summed E-state index contributed by atoms with van der Waals surface area (Å²) in [6.45, 7) is -0.130. The number of rotatable bonds is 6. The maximum atomic E-state index is 12.0. The molecule has 27 heavy (non-hydrogen) atoms. The first-order valence-corrected chi connectivity index (χ1v) is 8.15. The standard InChI is InChI=1S/C20H18N2O5/c1-25-16-9-7-13(11-17(16)26-2)8-10-19(23)27-12-18-21-15-6-4-3-5-14(15)20(24)22-18/h3-11H,12H2,1-2H3,(H,21,22,24)/b10-8+. The number of hydrogen-bond donors (Lipinski definition) is 1. The minimum atomic E-state index is -0.555. The number of ether oxygens (including phenoxy) is 3. The molecule has 7 nitrogen and oxygen atoms in total. The van der Waals surface area contributed by atoms with E-state index in [1.807, 2.05) is 0 Å². The van der Waals surface area contributed by atoms with Crippen LogP contribution in [0.2, 0.25) is 0 Å². The fourth-order valence-electron chi connectivity index (χ4n) is 2.51. The van der Waals surface area contributed by atoms with Gasteiger partial charge >= 0.3 is 5.97 Å². The average molecular weight is 366 g/mol. The number of carbonyl (C=O) groups is 1. The van der Waals surface area contributed by atoms with E-state index in [-0.39, 0.29) is 18.0 Å². The molecule has 2 aromatic carbocycles. The van der Waals surface area contributed by atoms with Gasteiger partial charge in [0.25, 0.3) is 5.56 Å². The lowest BCUT2D eigenvalue weighted by molar-refractivity contribution is -0.139. The first-order valence-electron chi connectivity index (χ1n) is 8.15. The SMILES string of the molecule is COc1ccc(/C=C/C(=O)OCc2nc3ccccc3c(=O)[nH]2)cc1OC. The van der Waals surface area contributed by atoms with E-state index in [1.165, 1.54) is 13.2 Å². The Morgan fingerprint density at radius 2 is 1.89 bits per heavy atom. The van der Waals surface area contributed by atoms with Gasteiger partial charge in [0.1, 0.15) is 12.4 Å². The predicted molar refractivity (Wildman–Crippen MR) is 101 cm³/mol. The third kappa shape index (κ3) is 4.33. The van der Waals surface area contributed by atoms with Gasteiger partial charge in [-0.3, -0.25) is 4.79 Å². The summed E-state index contributed by atoms with van der Waals surface area (Å²) in [6, 6.07) is 12.2. The molecule has 0 fully saturated rings. The smallest absolute Gasteiger partial charge is 0.331 e. The Morgan fingerprint density at radius 1 is 1.11 bits per heavy atom. The highest BCUT2D eigenvalue weighted by Gasteiger charge is 2.06. The molecule has 0 amide bonds. The van der Waals surface area contributed by atoms with Gasteiger partial charge in [-0.25, -0.2) is 9.78 Å². The second-order valence-electron chi connectivity index (χ2n) is 5.59. The number of carbonyl (C=O) groups excluding carboxylic acids is 1. The van der Waals surface area contributed by atoms with Crippen LogP contribution in [-0.4, -0.2) is 30.2 Å². The third-order valence-electron chi connectivity index (χ3n) is 3.83. The summed E-state index contributed by atoms with van der Waals surface area (Å²) in [5.41, 5.74) is 1.03. The molecule has 3 rings (SSSR count). The first-order chi connectivity index (χ1) is 13.1. The molecule has 0 unspecified atom stereocenters. The van der Waals surface area contributed by atoms with E-state index in [9.17, 15) is 9.59 Å². The van der Waals surface area contributed by atoms with Crippen LogP contribution in [0.5, 0.6) is 11.5 Å². The van der Waals surface area contributed by atoms with Crippen molar-refractivity contribution in [1.29, 1.82) is 0 Å². The fraction of sp³-hybridized carbons (Fsp3) is 0.150. The number of fused-ring (bicyclic) bond motifs is 1. The molecule has 1 aromatic heterocycles.